The summed E-state index contributed by atoms with van der Waals surface area (Å²) < 4.78 is 5.23. The number of methoxy groups -OCH3 is 1. The van der Waals surface area contributed by atoms with Crippen molar-refractivity contribution in [3.8, 4) is 0 Å². The highest BCUT2D eigenvalue weighted by atomic mass is 16.5. The van der Waals surface area contributed by atoms with E-state index >= 15 is 0 Å². The molecule has 21 heavy (non-hydrogen) atoms. The van der Waals surface area contributed by atoms with Gasteiger partial charge in [-0.3, -0.25) is 14.9 Å². The number of aliphatic carboxylic acids is 1. The summed E-state index contributed by atoms with van der Waals surface area (Å²) in [6.45, 7) is 4.44. The summed E-state index contributed by atoms with van der Waals surface area (Å²) in [5.41, 5.74) is -0.687. The third-order valence-electron chi connectivity index (χ3n) is 3.51. The van der Waals surface area contributed by atoms with Gasteiger partial charge in [0.2, 0.25) is 5.91 Å². The molecule has 0 aromatic rings. The normalized spacial score (nSPS) is 19.2. The maximum Gasteiger partial charge on any atom is 0.324 e. The molecule has 1 saturated heterocycles. The molecule has 3 amide bonds. The van der Waals surface area contributed by atoms with Gasteiger partial charge in [-0.15, -0.1) is 0 Å². The molecular weight excluding hydrogens is 276 g/mol. The topological polar surface area (TPSA) is 95.9 Å². The number of carbonyl (C=O) groups excluding carboxylic acids is 2. The summed E-state index contributed by atoms with van der Waals surface area (Å²) >= 11 is 0. The van der Waals surface area contributed by atoms with E-state index in [1.807, 2.05) is 0 Å². The van der Waals surface area contributed by atoms with Gasteiger partial charge in [0.1, 0.15) is 0 Å². The molecule has 1 fully saturated rings. The van der Waals surface area contributed by atoms with Crippen LogP contribution in [0.4, 0.5) is 4.79 Å². The quantitative estimate of drug-likeness (QED) is 0.796. The van der Waals surface area contributed by atoms with Crippen LogP contribution >= 0.6 is 0 Å². The first-order valence-corrected chi connectivity index (χ1v) is 7.07. The lowest BCUT2D eigenvalue weighted by Gasteiger charge is -2.32. The number of carboxylic acid groups (broad SMARTS) is 1. The second-order valence-corrected chi connectivity index (χ2v) is 6.21. The third-order valence-corrected chi connectivity index (χ3v) is 3.51. The predicted molar refractivity (Wildman–Crippen MR) is 75.8 cm³/mol. The molecule has 0 aromatic heterocycles. The lowest BCUT2D eigenvalue weighted by atomic mass is 9.85. The Morgan fingerprint density at radius 2 is 2.00 bits per heavy atom. The first-order chi connectivity index (χ1) is 9.73. The molecule has 2 N–H and O–H groups in total. The van der Waals surface area contributed by atoms with E-state index in [9.17, 15) is 14.4 Å². The molecule has 0 radical (unpaired) electrons. The van der Waals surface area contributed by atoms with Gasteiger partial charge in [-0.05, 0) is 18.3 Å². The van der Waals surface area contributed by atoms with Crippen LogP contribution in [0.2, 0.25) is 0 Å². The average molecular weight is 300 g/mol. The molecule has 0 spiro atoms. The molecule has 0 bridgehead atoms. The number of nitrogens with one attached hydrogen (secondary N) is 1. The number of likely N-dealkylation sites (tertiary alicyclic amines) is 1. The van der Waals surface area contributed by atoms with Gasteiger partial charge in [0.25, 0.3) is 0 Å². The number of ether oxygens (including phenoxy) is 1. The zero-order chi connectivity index (χ0) is 16.0. The summed E-state index contributed by atoms with van der Waals surface area (Å²) in [7, 11) is 1.60. The largest absolute Gasteiger partial charge is 0.481 e. The molecule has 1 heterocycles. The summed E-state index contributed by atoms with van der Waals surface area (Å²) in [6.07, 6.45) is 1.62. The number of amides is 3. The van der Waals surface area contributed by atoms with E-state index in [0.29, 0.717) is 13.1 Å². The minimum absolute atomic E-state index is 0.00283. The van der Waals surface area contributed by atoms with Crippen molar-refractivity contribution in [1.82, 2.24) is 10.2 Å². The Hall–Kier alpha value is -1.63. The summed E-state index contributed by atoms with van der Waals surface area (Å²) in [5, 5.41) is 11.1. The van der Waals surface area contributed by atoms with E-state index in [2.05, 4.69) is 5.32 Å². The second-order valence-electron chi connectivity index (χ2n) is 6.21. The number of hydrogen-bond acceptors (Lipinski definition) is 4. The Kier molecular flexibility index (Phi) is 6.14. The van der Waals surface area contributed by atoms with Gasteiger partial charge in [0, 0.05) is 26.6 Å². The summed E-state index contributed by atoms with van der Waals surface area (Å²) in [4.78, 5) is 36.1. The predicted octanol–water partition coefficient (Wildman–Crippen LogP) is 1.22. The zero-order valence-corrected chi connectivity index (χ0v) is 12.8. The summed E-state index contributed by atoms with van der Waals surface area (Å²) in [6, 6.07) is -0.437. The van der Waals surface area contributed by atoms with Gasteiger partial charge < -0.3 is 14.7 Å². The van der Waals surface area contributed by atoms with Gasteiger partial charge in [0.05, 0.1) is 12.5 Å². The van der Waals surface area contributed by atoms with E-state index in [1.165, 1.54) is 0 Å². The fourth-order valence-electron chi connectivity index (χ4n) is 2.46. The van der Waals surface area contributed by atoms with Crippen LogP contribution in [0.25, 0.3) is 0 Å². The van der Waals surface area contributed by atoms with E-state index in [0.717, 1.165) is 12.8 Å². The SMILES string of the molecule is COC1CCCN(C(=O)NC(=O)CC(C)(C)CC(=O)O)C1. The highest BCUT2D eigenvalue weighted by Crippen LogP contribution is 2.24. The Balaban J connectivity index is 2.46. The molecule has 0 saturated carbocycles. The average Bonchev–Trinajstić information content (AvgIpc) is 2.36. The Morgan fingerprint density at radius 3 is 2.57 bits per heavy atom. The van der Waals surface area contributed by atoms with Gasteiger partial charge in [-0.1, -0.05) is 13.8 Å². The molecule has 1 rings (SSSR count). The van der Waals surface area contributed by atoms with Crippen LogP contribution in [0, 0.1) is 5.41 Å². The number of rotatable bonds is 5. The zero-order valence-electron chi connectivity index (χ0n) is 12.8. The van der Waals surface area contributed by atoms with Gasteiger partial charge in [-0.2, -0.15) is 0 Å². The maximum absolute atomic E-state index is 12.0. The van der Waals surface area contributed by atoms with Crippen LogP contribution in [0.15, 0.2) is 0 Å². The van der Waals surface area contributed by atoms with Crippen LogP contribution in [0.5, 0.6) is 0 Å². The van der Waals surface area contributed by atoms with Crippen molar-refractivity contribution >= 4 is 17.9 Å². The van der Waals surface area contributed by atoms with E-state index in [4.69, 9.17) is 9.84 Å². The van der Waals surface area contributed by atoms with Crippen molar-refractivity contribution in [1.29, 1.82) is 0 Å². The number of nitrogens with zero attached hydrogens (tertiary/aromatic N) is 1. The van der Waals surface area contributed by atoms with Crippen LogP contribution in [-0.4, -0.2) is 54.2 Å². The number of imide groups is 1. The van der Waals surface area contributed by atoms with E-state index in [-0.39, 0.29) is 18.9 Å². The van der Waals surface area contributed by atoms with Crippen molar-refractivity contribution in [3.05, 3.63) is 0 Å². The van der Waals surface area contributed by atoms with E-state index in [1.54, 1.807) is 25.9 Å². The molecule has 7 heteroatoms. The fraction of sp³-hybridized carbons (Fsp3) is 0.786. The molecule has 120 valence electrons. The van der Waals surface area contributed by atoms with Crippen molar-refractivity contribution in [2.45, 2.75) is 45.6 Å². The minimum Gasteiger partial charge on any atom is -0.481 e. The van der Waals surface area contributed by atoms with Gasteiger partial charge in [-0.25, -0.2) is 4.79 Å². The Labute approximate surface area is 124 Å². The van der Waals surface area contributed by atoms with Crippen LogP contribution in [-0.2, 0) is 14.3 Å². The van der Waals surface area contributed by atoms with Gasteiger partial charge in [0.15, 0.2) is 0 Å². The van der Waals surface area contributed by atoms with Crippen molar-refractivity contribution in [3.63, 3.8) is 0 Å². The molecule has 7 nitrogen and oxygen atoms in total. The molecule has 0 aromatic carbocycles. The number of carbonyl (C=O) groups is 3. The van der Waals surface area contributed by atoms with E-state index < -0.39 is 23.3 Å². The lowest BCUT2D eigenvalue weighted by Crippen LogP contribution is -2.49. The summed E-state index contributed by atoms with van der Waals surface area (Å²) in [5.74, 6) is -1.41. The van der Waals surface area contributed by atoms with Crippen molar-refractivity contribution in [2.75, 3.05) is 20.2 Å². The van der Waals surface area contributed by atoms with Crippen LogP contribution < -0.4 is 5.32 Å². The first kappa shape index (κ1) is 17.4. The highest BCUT2D eigenvalue weighted by Gasteiger charge is 2.28. The Bertz CT molecular complexity index is 408. The molecule has 1 aliphatic heterocycles. The molecule has 0 aliphatic carbocycles. The molecule has 1 atom stereocenters. The third kappa shape index (κ3) is 6.12. The second kappa shape index (κ2) is 7.40. The standard InChI is InChI=1S/C14H24N2O5/c1-14(2,8-12(18)19)7-11(17)15-13(20)16-6-4-5-10(9-16)21-3/h10H,4-9H2,1-3H3,(H,18,19)(H,15,17,20). The first-order valence-electron chi connectivity index (χ1n) is 7.07. The van der Waals surface area contributed by atoms with Gasteiger partial charge >= 0.3 is 12.0 Å². The minimum atomic E-state index is -0.960. The van der Waals surface area contributed by atoms with Crippen LogP contribution in [0.1, 0.15) is 39.5 Å². The number of carboxylic acids is 1. The number of urea groups is 1. The molecule has 1 unspecified atom stereocenters. The lowest BCUT2D eigenvalue weighted by molar-refractivity contribution is -0.139. The molecular formula is C14H24N2O5. The monoisotopic (exact) mass is 300 g/mol. The highest BCUT2D eigenvalue weighted by molar-refractivity contribution is 5.94. The maximum atomic E-state index is 12.0. The fourth-order valence-corrected chi connectivity index (χ4v) is 2.46. The Morgan fingerprint density at radius 1 is 1.33 bits per heavy atom. The smallest absolute Gasteiger partial charge is 0.324 e. The number of piperidine rings is 1. The van der Waals surface area contributed by atoms with Crippen molar-refractivity contribution in [2.24, 2.45) is 5.41 Å². The van der Waals surface area contributed by atoms with Crippen LogP contribution in [0.3, 0.4) is 0 Å². The molecule has 1 aliphatic rings. The number of hydrogen-bond donors (Lipinski definition) is 2. The van der Waals surface area contributed by atoms with Crippen molar-refractivity contribution < 1.29 is 24.2 Å².